The van der Waals surface area contributed by atoms with Gasteiger partial charge < -0.3 is 10.6 Å². The van der Waals surface area contributed by atoms with E-state index in [0.717, 1.165) is 5.56 Å². The van der Waals surface area contributed by atoms with Gasteiger partial charge in [-0.15, -0.1) is 0 Å². The van der Waals surface area contributed by atoms with Crippen molar-refractivity contribution in [2.24, 2.45) is 0 Å². The summed E-state index contributed by atoms with van der Waals surface area (Å²) >= 11 is 0. The molecule has 0 spiro atoms. The highest BCUT2D eigenvalue weighted by molar-refractivity contribution is 6.04. The number of nitrogens with zero attached hydrogens (tertiary/aromatic N) is 1. The Morgan fingerprint density at radius 3 is 2.27 bits per heavy atom. The molecule has 0 bridgehead atoms. The zero-order valence-corrected chi connectivity index (χ0v) is 15.2. The van der Waals surface area contributed by atoms with Crippen molar-refractivity contribution in [3.05, 3.63) is 65.2 Å². The third kappa shape index (κ3) is 5.26. The van der Waals surface area contributed by atoms with Gasteiger partial charge in [0, 0.05) is 24.7 Å². The number of carbonyl (C=O) groups is 3. The van der Waals surface area contributed by atoms with Crippen LogP contribution in [0.4, 0.5) is 5.69 Å². The minimum atomic E-state index is -0.191. The second-order valence-electron chi connectivity index (χ2n) is 6.10. The van der Waals surface area contributed by atoms with Gasteiger partial charge in [0.1, 0.15) is 0 Å². The first-order valence-electron chi connectivity index (χ1n) is 8.30. The number of hydrogen-bond acceptors (Lipinski definition) is 4. The summed E-state index contributed by atoms with van der Waals surface area (Å²) in [5, 5.41) is 5.36. The fourth-order valence-electron chi connectivity index (χ4n) is 2.61. The van der Waals surface area contributed by atoms with Crippen LogP contribution in [0.5, 0.6) is 0 Å². The van der Waals surface area contributed by atoms with E-state index in [2.05, 4.69) is 10.6 Å². The lowest BCUT2D eigenvalue weighted by Gasteiger charge is -2.17. The second kappa shape index (κ2) is 8.92. The Morgan fingerprint density at radius 1 is 1.00 bits per heavy atom. The molecule has 0 atom stereocenters. The largest absolute Gasteiger partial charge is 0.355 e. The molecule has 26 heavy (non-hydrogen) atoms. The van der Waals surface area contributed by atoms with Gasteiger partial charge >= 0.3 is 0 Å². The molecule has 0 aliphatic carbocycles. The van der Waals surface area contributed by atoms with Gasteiger partial charge in [0.2, 0.25) is 5.91 Å². The van der Waals surface area contributed by atoms with E-state index in [9.17, 15) is 14.4 Å². The molecular weight excluding hydrogens is 330 g/mol. The lowest BCUT2D eigenvalue weighted by atomic mass is 10.1. The Labute approximate surface area is 153 Å². The van der Waals surface area contributed by atoms with Crippen LogP contribution in [-0.2, 0) is 11.3 Å². The van der Waals surface area contributed by atoms with Crippen LogP contribution in [-0.4, -0.2) is 43.1 Å². The molecule has 6 nitrogen and oxygen atoms in total. The predicted molar refractivity (Wildman–Crippen MR) is 101 cm³/mol. The molecule has 0 aliphatic rings. The lowest BCUT2D eigenvalue weighted by molar-refractivity contribution is -0.117. The first kappa shape index (κ1) is 19.3. The van der Waals surface area contributed by atoms with Crippen LogP contribution >= 0.6 is 0 Å². The molecule has 2 rings (SSSR count). The average Bonchev–Trinajstić information content (AvgIpc) is 2.61. The molecule has 0 radical (unpaired) electrons. The second-order valence-corrected chi connectivity index (χ2v) is 6.10. The number of benzene rings is 2. The quantitative estimate of drug-likeness (QED) is 0.749. The number of amides is 2. The lowest BCUT2D eigenvalue weighted by Crippen LogP contribution is -2.30. The number of ketones is 1. The molecule has 0 aliphatic heterocycles. The third-order valence-electron chi connectivity index (χ3n) is 3.89. The van der Waals surface area contributed by atoms with E-state index < -0.39 is 0 Å². The normalized spacial score (nSPS) is 10.5. The molecule has 0 aromatic heterocycles. The van der Waals surface area contributed by atoms with Crippen molar-refractivity contribution >= 4 is 23.3 Å². The molecule has 2 aromatic rings. The SMILES string of the molecule is CNC(=O)c1ccc(CN(C)CC(=O)Nc2ccccc2C(C)=O)cc1. The molecule has 0 heterocycles. The summed E-state index contributed by atoms with van der Waals surface area (Å²) in [6, 6.07) is 14.2. The van der Waals surface area contributed by atoms with Crippen LogP contribution in [0.1, 0.15) is 33.2 Å². The van der Waals surface area contributed by atoms with Crippen LogP contribution in [0.25, 0.3) is 0 Å². The van der Waals surface area contributed by atoms with E-state index in [-0.39, 0.29) is 24.1 Å². The van der Waals surface area contributed by atoms with Gasteiger partial charge in [0.15, 0.2) is 5.78 Å². The third-order valence-corrected chi connectivity index (χ3v) is 3.89. The van der Waals surface area contributed by atoms with Crippen LogP contribution in [0.2, 0.25) is 0 Å². The Balaban J connectivity index is 1.93. The smallest absolute Gasteiger partial charge is 0.251 e. The number of likely N-dealkylation sites (N-methyl/N-ethyl adjacent to an activating group) is 1. The van der Waals surface area contributed by atoms with E-state index in [1.807, 2.05) is 24.1 Å². The maximum absolute atomic E-state index is 12.3. The number of Topliss-reactive ketones (excluding diaryl/α,β-unsaturated/α-hetero) is 1. The van der Waals surface area contributed by atoms with Crippen molar-refractivity contribution in [2.45, 2.75) is 13.5 Å². The number of hydrogen-bond donors (Lipinski definition) is 2. The van der Waals surface area contributed by atoms with Crippen molar-refractivity contribution < 1.29 is 14.4 Å². The number of anilines is 1. The van der Waals surface area contributed by atoms with Crippen LogP contribution < -0.4 is 10.6 Å². The molecule has 0 saturated carbocycles. The maximum atomic E-state index is 12.3. The Bertz CT molecular complexity index is 800. The van der Waals surface area contributed by atoms with Gasteiger partial charge in [0.25, 0.3) is 5.91 Å². The molecule has 136 valence electrons. The summed E-state index contributed by atoms with van der Waals surface area (Å²) < 4.78 is 0. The van der Waals surface area contributed by atoms with Crippen LogP contribution in [0, 0.1) is 0 Å². The topological polar surface area (TPSA) is 78.5 Å². The summed E-state index contributed by atoms with van der Waals surface area (Å²) in [6.45, 7) is 2.22. The standard InChI is InChI=1S/C20H23N3O3/c1-14(24)17-6-4-5-7-18(17)22-19(25)13-23(3)12-15-8-10-16(11-9-15)20(26)21-2/h4-11H,12-13H2,1-3H3,(H,21,26)(H,22,25). The number of rotatable bonds is 7. The highest BCUT2D eigenvalue weighted by atomic mass is 16.2. The monoisotopic (exact) mass is 353 g/mol. The van der Waals surface area contributed by atoms with Gasteiger partial charge in [-0.1, -0.05) is 24.3 Å². The predicted octanol–water partition coefficient (Wildman–Crippen LogP) is 2.32. The molecule has 6 heteroatoms. The van der Waals surface area contributed by atoms with E-state index >= 15 is 0 Å². The van der Waals surface area contributed by atoms with Gasteiger partial charge in [-0.25, -0.2) is 0 Å². The van der Waals surface area contributed by atoms with E-state index in [1.54, 1.807) is 43.4 Å². The minimum absolute atomic E-state index is 0.0922. The Hall–Kier alpha value is -2.99. The van der Waals surface area contributed by atoms with Gasteiger partial charge in [0.05, 0.1) is 12.2 Å². The van der Waals surface area contributed by atoms with Gasteiger partial charge in [-0.3, -0.25) is 19.3 Å². The summed E-state index contributed by atoms with van der Waals surface area (Å²) in [4.78, 5) is 37.3. The molecule has 0 saturated heterocycles. The summed E-state index contributed by atoms with van der Waals surface area (Å²) in [5.74, 6) is -0.415. The summed E-state index contributed by atoms with van der Waals surface area (Å²) in [6.07, 6.45) is 0. The zero-order valence-electron chi connectivity index (χ0n) is 15.2. The van der Waals surface area contributed by atoms with Crippen molar-refractivity contribution in [3.8, 4) is 0 Å². The van der Waals surface area contributed by atoms with Crippen LogP contribution in [0.3, 0.4) is 0 Å². The first-order chi connectivity index (χ1) is 12.4. The van der Waals surface area contributed by atoms with Crippen molar-refractivity contribution in [3.63, 3.8) is 0 Å². The molecule has 2 amide bonds. The summed E-state index contributed by atoms with van der Waals surface area (Å²) in [5.41, 5.74) is 2.61. The maximum Gasteiger partial charge on any atom is 0.251 e. The number of para-hydroxylation sites is 1. The fraction of sp³-hybridized carbons (Fsp3) is 0.250. The average molecular weight is 353 g/mol. The molecule has 0 fully saturated rings. The van der Waals surface area contributed by atoms with E-state index in [4.69, 9.17) is 0 Å². The molecule has 2 aromatic carbocycles. The van der Waals surface area contributed by atoms with Crippen LogP contribution in [0.15, 0.2) is 48.5 Å². The molecule has 2 N–H and O–H groups in total. The highest BCUT2D eigenvalue weighted by Gasteiger charge is 2.12. The first-order valence-corrected chi connectivity index (χ1v) is 8.30. The number of carbonyl (C=O) groups excluding carboxylic acids is 3. The van der Waals surface area contributed by atoms with E-state index in [1.165, 1.54) is 6.92 Å². The number of nitrogens with one attached hydrogen (secondary N) is 2. The fourth-order valence-corrected chi connectivity index (χ4v) is 2.61. The van der Waals surface area contributed by atoms with Crippen molar-refractivity contribution in [1.82, 2.24) is 10.2 Å². The van der Waals surface area contributed by atoms with Crippen molar-refractivity contribution in [1.29, 1.82) is 0 Å². The van der Waals surface area contributed by atoms with E-state index in [0.29, 0.717) is 23.4 Å². The molecular formula is C20H23N3O3. The Morgan fingerprint density at radius 2 is 1.65 bits per heavy atom. The van der Waals surface area contributed by atoms with Gasteiger partial charge in [-0.05, 0) is 43.8 Å². The summed E-state index contributed by atoms with van der Waals surface area (Å²) in [7, 11) is 3.43. The van der Waals surface area contributed by atoms with Gasteiger partial charge in [-0.2, -0.15) is 0 Å². The highest BCUT2D eigenvalue weighted by Crippen LogP contribution is 2.15. The minimum Gasteiger partial charge on any atom is -0.355 e. The van der Waals surface area contributed by atoms with Crippen molar-refractivity contribution in [2.75, 3.05) is 26.0 Å². The zero-order chi connectivity index (χ0) is 19.1. The molecule has 0 unspecified atom stereocenters. The Kier molecular flexibility index (Phi) is 6.63.